The molecule has 6 nitrogen and oxygen atoms in total. The summed E-state index contributed by atoms with van der Waals surface area (Å²) in [6.07, 6.45) is 6.10. The van der Waals surface area contributed by atoms with Crippen molar-refractivity contribution in [3.8, 4) is 0 Å². The van der Waals surface area contributed by atoms with E-state index in [-0.39, 0.29) is 0 Å². The molecule has 0 radical (unpaired) electrons. The van der Waals surface area contributed by atoms with E-state index in [0.29, 0.717) is 11.8 Å². The van der Waals surface area contributed by atoms with Crippen molar-refractivity contribution in [3.63, 3.8) is 0 Å². The number of H-pyrrole nitrogens is 1. The van der Waals surface area contributed by atoms with Gasteiger partial charge >= 0.3 is 0 Å². The first-order valence-corrected chi connectivity index (χ1v) is 9.01. The van der Waals surface area contributed by atoms with Gasteiger partial charge in [-0.05, 0) is 37.7 Å². The average molecular weight is 330 g/mol. The minimum Gasteiger partial charge on any atom is -0.381 e. The topological polar surface area (TPSA) is 63.3 Å². The number of anilines is 1. The lowest BCUT2D eigenvalue weighted by Crippen LogP contribution is -2.30. The van der Waals surface area contributed by atoms with Crippen molar-refractivity contribution in [2.24, 2.45) is 5.92 Å². The number of ether oxygens (including phenoxy) is 2. The van der Waals surface area contributed by atoms with Gasteiger partial charge in [0, 0.05) is 51.6 Å². The average Bonchev–Trinajstić information content (AvgIpc) is 3.07. The Labute approximate surface area is 142 Å². The third kappa shape index (κ3) is 3.26. The van der Waals surface area contributed by atoms with Crippen molar-refractivity contribution in [3.05, 3.63) is 18.1 Å². The first-order valence-electron chi connectivity index (χ1n) is 9.01. The van der Waals surface area contributed by atoms with Gasteiger partial charge in [-0.15, -0.1) is 0 Å². The van der Waals surface area contributed by atoms with Crippen LogP contribution in [0.15, 0.2) is 12.4 Å². The highest BCUT2D eigenvalue weighted by Crippen LogP contribution is 2.31. The molecule has 2 aromatic heterocycles. The van der Waals surface area contributed by atoms with Gasteiger partial charge in [0.15, 0.2) is 0 Å². The van der Waals surface area contributed by atoms with Gasteiger partial charge in [-0.3, -0.25) is 0 Å². The Balaban J connectivity index is 1.56. The van der Waals surface area contributed by atoms with Crippen LogP contribution in [0.5, 0.6) is 0 Å². The minimum atomic E-state index is 0.543. The fraction of sp³-hybridized carbons (Fsp3) is 0.667. The van der Waals surface area contributed by atoms with Crippen molar-refractivity contribution in [2.45, 2.75) is 31.6 Å². The van der Waals surface area contributed by atoms with Gasteiger partial charge in [-0.2, -0.15) is 0 Å². The Bertz CT molecular complexity index is 675. The van der Waals surface area contributed by atoms with Crippen molar-refractivity contribution in [2.75, 3.05) is 44.9 Å². The molecule has 2 saturated heterocycles. The molecular weight excluding hydrogens is 304 g/mol. The predicted octanol–water partition coefficient (Wildman–Crippen LogP) is 2.71. The summed E-state index contributed by atoms with van der Waals surface area (Å²) >= 11 is 0. The number of aromatic amines is 1. The van der Waals surface area contributed by atoms with E-state index in [1.807, 2.05) is 0 Å². The van der Waals surface area contributed by atoms with Crippen LogP contribution in [0.25, 0.3) is 11.0 Å². The first kappa shape index (κ1) is 15.8. The highest BCUT2D eigenvalue weighted by atomic mass is 16.5. The van der Waals surface area contributed by atoms with E-state index in [2.05, 4.69) is 33.0 Å². The molecule has 0 aromatic carbocycles. The van der Waals surface area contributed by atoms with Gasteiger partial charge in [0.1, 0.15) is 17.8 Å². The zero-order valence-corrected chi connectivity index (χ0v) is 14.3. The Morgan fingerprint density at radius 1 is 1.08 bits per heavy atom. The third-order valence-corrected chi connectivity index (χ3v) is 5.32. The van der Waals surface area contributed by atoms with Crippen LogP contribution >= 0.6 is 0 Å². The van der Waals surface area contributed by atoms with Gasteiger partial charge in [-0.25, -0.2) is 9.97 Å². The summed E-state index contributed by atoms with van der Waals surface area (Å²) in [5, 5.41) is 1.13. The van der Waals surface area contributed by atoms with Crippen molar-refractivity contribution >= 4 is 16.9 Å². The van der Waals surface area contributed by atoms with E-state index in [1.165, 1.54) is 5.69 Å². The number of fused-ring (bicyclic) bond motifs is 1. The van der Waals surface area contributed by atoms with Crippen molar-refractivity contribution < 1.29 is 9.47 Å². The number of hydrogen-bond donors (Lipinski definition) is 1. The first-order chi connectivity index (χ1) is 11.8. The second-order valence-electron chi connectivity index (χ2n) is 7.01. The summed E-state index contributed by atoms with van der Waals surface area (Å²) in [6.45, 7) is 4.49. The molecule has 0 aliphatic carbocycles. The Kier molecular flexibility index (Phi) is 4.67. The third-order valence-electron chi connectivity index (χ3n) is 5.32. The van der Waals surface area contributed by atoms with Crippen LogP contribution in [-0.4, -0.2) is 55.0 Å². The molecular formula is C18H26N4O2. The molecule has 6 heteroatoms. The molecule has 2 fully saturated rings. The molecule has 2 aliphatic rings. The number of nitrogens with zero attached hydrogens (tertiary/aromatic N) is 3. The van der Waals surface area contributed by atoms with E-state index in [0.717, 1.165) is 75.5 Å². The molecule has 0 spiro atoms. The fourth-order valence-corrected chi connectivity index (χ4v) is 3.88. The molecule has 2 aromatic rings. The summed E-state index contributed by atoms with van der Waals surface area (Å²) in [6, 6.07) is 2.25. The van der Waals surface area contributed by atoms with E-state index >= 15 is 0 Å². The zero-order valence-electron chi connectivity index (χ0n) is 14.3. The van der Waals surface area contributed by atoms with Gasteiger partial charge in [0.2, 0.25) is 0 Å². The normalized spacial score (nSPS) is 20.5. The Morgan fingerprint density at radius 3 is 2.54 bits per heavy atom. The van der Waals surface area contributed by atoms with Gasteiger partial charge < -0.3 is 19.4 Å². The van der Waals surface area contributed by atoms with Crippen LogP contribution in [-0.2, 0) is 9.47 Å². The Hall–Kier alpha value is -1.66. The van der Waals surface area contributed by atoms with Gasteiger partial charge in [-0.1, -0.05) is 0 Å². The fourth-order valence-electron chi connectivity index (χ4n) is 3.88. The number of aromatic nitrogens is 3. The van der Waals surface area contributed by atoms with Gasteiger partial charge in [0.05, 0.1) is 5.39 Å². The molecule has 0 amide bonds. The van der Waals surface area contributed by atoms with Crippen molar-refractivity contribution in [1.82, 2.24) is 15.0 Å². The second-order valence-corrected chi connectivity index (χ2v) is 7.01. The van der Waals surface area contributed by atoms with Gasteiger partial charge in [0.25, 0.3) is 0 Å². The largest absolute Gasteiger partial charge is 0.381 e. The van der Waals surface area contributed by atoms with Crippen molar-refractivity contribution in [1.29, 1.82) is 0 Å². The maximum atomic E-state index is 5.48. The summed E-state index contributed by atoms with van der Waals surface area (Å²) in [7, 11) is 2.14. The summed E-state index contributed by atoms with van der Waals surface area (Å²) < 4.78 is 10.9. The quantitative estimate of drug-likeness (QED) is 0.934. The summed E-state index contributed by atoms with van der Waals surface area (Å²) in [4.78, 5) is 14.8. The maximum Gasteiger partial charge on any atom is 0.143 e. The monoisotopic (exact) mass is 330 g/mol. The standard InChI is InChI=1S/C18H26N4O2/c1-22(11-13-2-6-23-7-3-13)18-15-10-16(14-4-8-24-9-5-14)21-17(15)19-12-20-18/h10,12-14H,2-9,11H2,1H3,(H,19,20,21). The van der Waals surface area contributed by atoms with Crippen LogP contribution < -0.4 is 4.90 Å². The maximum absolute atomic E-state index is 5.48. The Morgan fingerprint density at radius 2 is 1.79 bits per heavy atom. The zero-order chi connectivity index (χ0) is 16.4. The molecule has 1 N–H and O–H groups in total. The van der Waals surface area contributed by atoms with Crippen LogP contribution in [0.3, 0.4) is 0 Å². The van der Waals surface area contributed by atoms with Crippen LogP contribution in [0, 0.1) is 5.92 Å². The minimum absolute atomic E-state index is 0.543. The lowest BCUT2D eigenvalue weighted by Gasteiger charge is -2.28. The molecule has 2 aliphatic heterocycles. The van der Waals surface area contributed by atoms with E-state index < -0.39 is 0 Å². The lowest BCUT2D eigenvalue weighted by molar-refractivity contribution is 0.0685. The van der Waals surface area contributed by atoms with Crippen LogP contribution in [0.2, 0.25) is 0 Å². The lowest BCUT2D eigenvalue weighted by atomic mass is 9.96. The van der Waals surface area contributed by atoms with E-state index in [1.54, 1.807) is 6.33 Å². The number of nitrogens with one attached hydrogen (secondary N) is 1. The molecule has 0 atom stereocenters. The highest BCUT2D eigenvalue weighted by Gasteiger charge is 2.21. The second kappa shape index (κ2) is 7.07. The molecule has 24 heavy (non-hydrogen) atoms. The molecule has 0 saturated carbocycles. The van der Waals surface area contributed by atoms with Crippen LogP contribution in [0.4, 0.5) is 5.82 Å². The predicted molar refractivity (Wildman–Crippen MR) is 93.5 cm³/mol. The molecule has 0 unspecified atom stereocenters. The summed E-state index contributed by atoms with van der Waals surface area (Å²) in [5.74, 6) is 2.25. The molecule has 130 valence electrons. The molecule has 4 heterocycles. The molecule has 0 bridgehead atoms. The molecule has 4 rings (SSSR count). The van der Waals surface area contributed by atoms with E-state index in [9.17, 15) is 0 Å². The smallest absolute Gasteiger partial charge is 0.143 e. The highest BCUT2D eigenvalue weighted by molar-refractivity contribution is 5.88. The number of rotatable bonds is 4. The van der Waals surface area contributed by atoms with Crippen LogP contribution in [0.1, 0.15) is 37.3 Å². The SMILES string of the molecule is CN(CC1CCOCC1)c1ncnc2[nH]c(C3CCOCC3)cc12. The van der Waals surface area contributed by atoms with E-state index in [4.69, 9.17) is 9.47 Å². The number of hydrogen-bond acceptors (Lipinski definition) is 5. The summed E-state index contributed by atoms with van der Waals surface area (Å²) in [5.41, 5.74) is 2.22.